The highest BCUT2D eigenvalue weighted by Gasteiger charge is 2.37. The maximum atomic E-state index is 12.7. The van der Waals surface area contributed by atoms with Crippen LogP contribution in [0.1, 0.15) is 13.3 Å². The van der Waals surface area contributed by atoms with E-state index < -0.39 is 16.1 Å². The maximum Gasteiger partial charge on any atom is 0.243 e. The molecule has 2 rings (SSSR count). The fourth-order valence-corrected chi connectivity index (χ4v) is 4.08. The molecule has 1 unspecified atom stereocenters. The number of carbonyl (C=O) groups is 1. The van der Waals surface area contributed by atoms with E-state index in [0.29, 0.717) is 18.7 Å². The molecule has 7 nitrogen and oxygen atoms in total. The van der Waals surface area contributed by atoms with Gasteiger partial charge in [0, 0.05) is 13.1 Å². The molecule has 8 heteroatoms. The van der Waals surface area contributed by atoms with Gasteiger partial charge in [-0.25, -0.2) is 8.42 Å². The number of ether oxygens (including phenoxy) is 1. The summed E-state index contributed by atoms with van der Waals surface area (Å²) in [5, 5.41) is 2.68. The van der Waals surface area contributed by atoms with E-state index in [1.165, 1.54) is 29.6 Å². The Morgan fingerprint density at radius 1 is 1.48 bits per heavy atom. The molecule has 0 aromatic heterocycles. The van der Waals surface area contributed by atoms with E-state index in [0.717, 1.165) is 0 Å². The van der Waals surface area contributed by atoms with Crippen molar-refractivity contribution in [1.29, 1.82) is 0 Å². The summed E-state index contributed by atoms with van der Waals surface area (Å²) in [5.41, 5.74) is 6.01. The van der Waals surface area contributed by atoms with Crippen molar-refractivity contribution in [1.82, 2.24) is 9.62 Å². The lowest BCUT2D eigenvalue weighted by atomic mass is 10.2. The minimum absolute atomic E-state index is 0.0638. The molecular weight excluding hydrogens is 294 g/mol. The number of methoxy groups -OCH3 is 1. The number of hydrogen-bond donors (Lipinski definition) is 2. The Bertz CT molecular complexity index is 645. The van der Waals surface area contributed by atoms with E-state index in [9.17, 15) is 13.2 Å². The molecule has 116 valence electrons. The first-order valence-corrected chi connectivity index (χ1v) is 8.09. The van der Waals surface area contributed by atoms with Gasteiger partial charge < -0.3 is 15.8 Å². The molecule has 1 aliphatic heterocycles. The number of nitrogens with zero attached hydrogens (tertiary/aromatic N) is 1. The lowest BCUT2D eigenvalue weighted by molar-refractivity contribution is -0.126. The first kappa shape index (κ1) is 15.6. The molecule has 1 amide bonds. The predicted molar refractivity (Wildman–Crippen MR) is 78.4 cm³/mol. The molecule has 21 heavy (non-hydrogen) atoms. The van der Waals surface area contributed by atoms with Crippen LogP contribution in [0, 0.1) is 0 Å². The van der Waals surface area contributed by atoms with Crippen molar-refractivity contribution >= 4 is 21.6 Å². The first-order chi connectivity index (χ1) is 9.91. The topological polar surface area (TPSA) is 102 Å². The van der Waals surface area contributed by atoms with Crippen LogP contribution in [-0.4, -0.2) is 44.9 Å². The molecule has 0 aliphatic carbocycles. The third-order valence-electron chi connectivity index (χ3n) is 3.48. The molecule has 1 fully saturated rings. The number of benzene rings is 1. The average molecular weight is 313 g/mol. The summed E-state index contributed by atoms with van der Waals surface area (Å²) in [4.78, 5) is 11.9. The molecule has 1 saturated heterocycles. The zero-order valence-electron chi connectivity index (χ0n) is 12.0. The van der Waals surface area contributed by atoms with Gasteiger partial charge in [-0.15, -0.1) is 0 Å². The fourth-order valence-electron chi connectivity index (χ4n) is 2.38. The highest BCUT2D eigenvalue weighted by molar-refractivity contribution is 7.89. The molecule has 0 bridgehead atoms. The van der Waals surface area contributed by atoms with Crippen molar-refractivity contribution in [3.8, 4) is 5.75 Å². The molecule has 1 aliphatic rings. The van der Waals surface area contributed by atoms with Gasteiger partial charge in [0.1, 0.15) is 11.8 Å². The number of rotatable bonds is 4. The number of amides is 1. The number of hydrogen-bond acceptors (Lipinski definition) is 5. The SMILES string of the molecule is CCC1C(=O)NCCN1S(=O)(=O)c1ccc(OC)c(N)c1. The average Bonchev–Trinajstić information content (AvgIpc) is 2.46. The summed E-state index contributed by atoms with van der Waals surface area (Å²) in [7, 11) is -2.31. The zero-order valence-corrected chi connectivity index (χ0v) is 12.8. The molecule has 1 atom stereocenters. The summed E-state index contributed by atoms with van der Waals surface area (Å²) >= 11 is 0. The van der Waals surface area contributed by atoms with Crippen LogP contribution in [-0.2, 0) is 14.8 Å². The lowest BCUT2D eigenvalue weighted by Gasteiger charge is -2.33. The van der Waals surface area contributed by atoms with E-state index in [4.69, 9.17) is 10.5 Å². The Morgan fingerprint density at radius 2 is 2.19 bits per heavy atom. The van der Waals surface area contributed by atoms with Crippen molar-refractivity contribution < 1.29 is 17.9 Å². The second-order valence-electron chi connectivity index (χ2n) is 4.73. The van der Waals surface area contributed by atoms with Crippen LogP contribution < -0.4 is 15.8 Å². The van der Waals surface area contributed by atoms with Crippen LogP contribution in [0.5, 0.6) is 5.75 Å². The summed E-state index contributed by atoms with van der Waals surface area (Å²) < 4.78 is 31.7. The quantitative estimate of drug-likeness (QED) is 0.772. The van der Waals surface area contributed by atoms with Gasteiger partial charge in [0.25, 0.3) is 0 Å². The van der Waals surface area contributed by atoms with Crippen LogP contribution in [0.25, 0.3) is 0 Å². The van der Waals surface area contributed by atoms with Gasteiger partial charge in [0.2, 0.25) is 15.9 Å². The zero-order chi connectivity index (χ0) is 15.6. The summed E-state index contributed by atoms with van der Waals surface area (Å²) in [6.45, 7) is 2.33. The van der Waals surface area contributed by atoms with Crippen LogP contribution >= 0.6 is 0 Å². The van der Waals surface area contributed by atoms with E-state index in [1.807, 2.05) is 0 Å². The monoisotopic (exact) mass is 313 g/mol. The number of nitrogen functional groups attached to an aromatic ring is 1. The largest absolute Gasteiger partial charge is 0.495 e. The Morgan fingerprint density at radius 3 is 2.76 bits per heavy atom. The molecule has 3 N–H and O–H groups in total. The van der Waals surface area contributed by atoms with Crippen molar-refractivity contribution in [3.63, 3.8) is 0 Å². The van der Waals surface area contributed by atoms with Crippen molar-refractivity contribution in [2.45, 2.75) is 24.3 Å². The fraction of sp³-hybridized carbons (Fsp3) is 0.462. The Labute approximate surface area is 124 Å². The van der Waals surface area contributed by atoms with Crippen molar-refractivity contribution in [2.24, 2.45) is 0 Å². The highest BCUT2D eigenvalue weighted by Crippen LogP contribution is 2.28. The normalized spacial score (nSPS) is 20.1. The molecule has 0 saturated carbocycles. The molecular formula is C13H19N3O4S. The number of nitrogens with one attached hydrogen (secondary N) is 1. The van der Waals surface area contributed by atoms with Crippen LogP contribution in [0.15, 0.2) is 23.1 Å². The molecule has 0 radical (unpaired) electrons. The lowest BCUT2D eigenvalue weighted by Crippen LogP contribution is -2.56. The second-order valence-corrected chi connectivity index (χ2v) is 6.63. The van der Waals surface area contributed by atoms with E-state index >= 15 is 0 Å². The maximum absolute atomic E-state index is 12.7. The van der Waals surface area contributed by atoms with Crippen molar-refractivity contribution in [2.75, 3.05) is 25.9 Å². The number of nitrogens with two attached hydrogens (primary N) is 1. The Balaban J connectivity index is 2.41. The van der Waals surface area contributed by atoms with Crippen LogP contribution in [0.2, 0.25) is 0 Å². The highest BCUT2D eigenvalue weighted by atomic mass is 32.2. The first-order valence-electron chi connectivity index (χ1n) is 6.65. The molecule has 1 aromatic carbocycles. The van der Waals surface area contributed by atoms with Gasteiger partial charge in [0.05, 0.1) is 17.7 Å². The number of sulfonamides is 1. The van der Waals surface area contributed by atoms with E-state index in [2.05, 4.69) is 5.32 Å². The third kappa shape index (κ3) is 2.81. The van der Waals surface area contributed by atoms with Crippen LogP contribution in [0.4, 0.5) is 5.69 Å². The van der Waals surface area contributed by atoms with Gasteiger partial charge in [-0.2, -0.15) is 4.31 Å². The predicted octanol–water partition coefficient (Wildman–Crippen LogP) is 0.177. The van der Waals surface area contributed by atoms with Gasteiger partial charge in [-0.05, 0) is 24.6 Å². The molecule has 1 heterocycles. The summed E-state index contributed by atoms with van der Waals surface area (Å²) in [5.74, 6) is 0.145. The minimum atomic E-state index is -3.77. The van der Waals surface area contributed by atoms with Gasteiger partial charge in [-0.1, -0.05) is 6.92 Å². The molecule has 1 aromatic rings. The van der Waals surface area contributed by atoms with E-state index in [-0.39, 0.29) is 23.0 Å². The second kappa shape index (κ2) is 5.90. The number of piperazine rings is 1. The minimum Gasteiger partial charge on any atom is -0.495 e. The standard InChI is InChI=1S/C13H19N3O4S/c1-3-11-13(17)15-6-7-16(11)21(18,19)9-4-5-12(20-2)10(14)8-9/h4-5,8,11H,3,6-7,14H2,1-2H3,(H,15,17). The Kier molecular flexibility index (Phi) is 4.38. The van der Waals surface area contributed by atoms with Gasteiger partial charge >= 0.3 is 0 Å². The van der Waals surface area contributed by atoms with Crippen LogP contribution in [0.3, 0.4) is 0 Å². The van der Waals surface area contributed by atoms with Gasteiger partial charge in [-0.3, -0.25) is 4.79 Å². The number of carbonyl (C=O) groups excluding carboxylic acids is 1. The van der Waals surface area contributed by atoms with Gasteiger partial charge in [0.15, 0.2) is 0 Å². The van der Waals surface area contributed by atoms with E-state index in [1.54, 1.807) is 6.92 Å². The Hall–Kier alpha value is -1.80. The summed E-state index contributed by atoms with van der Waals surface area (Å²) in [6, 6.07) is 3.61. The third-order valence-corrected chi connectivity index (χ3v) is 5.38. The molecule has 0 spiro atoms. The number of anilines is 1. The smallest absolute Gasteiger partial charge is 0.243 e. The summed E-state index contributed by atoms with van der Waals surface area (Å²) in [6.07, 6.45) is 0.413. The van der Waals surface area contributed by atoms with Crippen molar-refractivity contribution in [3.05, 3.63) is 18.2 Å².